The van der Waals surface area contributed by atoms with E-state index >= 15 is 0 Å². The molecule has 0 aliphatic heterocycles. The number of aromatic nitrogens is 2. The van der Waals surface area contributed by atoms with Crippen molar-refractivity contribution in [2.75, 3.05) is 24.0 Å². The largest absolute Gasteiger partial charge is 0.327 e. The topological polar surface area (TPSA) is 17.8 Å². The standard InChI is InChI=1S/C18H26N2S3/c1-4-5-11-20-16(14-9-7-6-8-10-14)18(21)19-17(20)15(12-22-2)13-23-3/h6-10,15,21H,4-5,11-13H2,1-3H3. The summed E-state index contributed by atoms with van der Waals surface area (Å²) in [5.74, 6) is 3.88. The molecule has 0 fully saturated rings. The Hall–Kier alpha value is -0.520. The van der Waals surface area contributed by atoms with Crippen LogP contribution in [0.2, 0.25) is 0 Å². The second-order valence-electron chi connectivity index (χ2n) is 5.62. The fraction of sp³-hybridized carbons (Fsp3) is 0.500. The number of imidazole rings is 1. The molecule has 0 radical (unpaired) electrons. The van der Waals surface area contributed by atoms with Crippen LogP contribution in [-0.4, -0.2) is 33.6 Å². The number of benzene rings is 1. The minimum Gasteiger partial charge on any atom is -0.327 e. The van der Waals surface area contributed by atoms with Gasteiger partial charge >= 0.3 is 0 Å². The number of hydrogen-bond donors (Lipinski definition) is 1. The molecular weight excluding hydrogens is 340 g/mol. The van der Waals surface area contributed by atoms with Gasteiger partial charge in [0.25, 0.3) is 0 Å². The zero-order chi connectivity index (χ0) is 16.7. The third-order valence-electron chi connectivity index (χ3n) is 3.86. The molecule has 2 nitrogen and oxygen atoms in total. The maximum atomic E-state index is 4.88. The van der Waals surface area contributed by atoms with Crippen LogP contribution in [-0.2, 0) is 6.54 Å². The van der Waals surface area contributed by atoms with Crippen LogP contribution in [0.4, 0.5) is 0 Å². The van der Waals surface area contributed by atoms with Crippen molar-refractivity contribution in [3.8, 4) is 11.3 Å². The molecule has 0 aliphatic rings. The Morgan fingerprint density at radius 1 is 1.13 bits per heavy atom. The average molecular weight is 367 g/mol. The molecule has 0 N–H and O–H groups in total. The summed E-state index contributed by atoms with van der Waals surface area (Å²) in [6.07, 6.45) is 6.70. The van der Waals surface area contributed by atoms with Crippen LogP contribution in [0.15, 0.2) is 35.4 Å². The van der Waals surface area contributed by atoms with Gasteiger partial charge in [-0.3, -0.25) is 0 Å². The molecule has 0 saturated carbocycles. The number of hydrogen-bond acceptors (Lipinski definition) is 4. The van der Waals surface area contributed by atoms with Crippen LogP contribution in [0.25, 0.3) is 11.3 Å². The van der Waals surface area contributed by atoms with Gasteiger partial charge in [-0.25, -0.2) is 4.98 Å². The highest BCUT2D eigenvalue weighted by Gasteiger charge is 2.22. The summed E-state index contributed by atoms with van der Waals surface area (Å²) in [6.45, 7) is 3.25. The van der Waals surface area contributed by atoms with E-state index in [4.69, 9.17) is 17.6 Å². The number of rotatable bonds is 9. The van der Waals surface area contributed by atoms with Crippen molar-refractivity contribution in [3.63, 3.8) is 0 Å². The molecule has 0 spiro atoms. The van der Waals surface area contributed by atoms with Crippen molar-refractivity contribution in [1.29, 1.82) is 0 Å². The average Bonchev–Trinajstić information content (AvgIpc) is 2.89. The van der Waals surface area contributed by atoms with Gasteiger partial charge in [-0.05, 0) is 18.9 Å². The lowest BCUT2D eigenvalue weighted by Gasteiger charge is -2.18. The van der Waals surface area contributed by atoms with Crippen LogP contribution < -0.4 is 0 Å². The lowest BCUT2D eigenvalue weighted by Crippen LogP contribution is -2.14. The predicted molar refractivity (Wildman–Crippen MR) is 109 cm³/mol. The van der Waals surface area contributed by atoms with Gasteiger partial charge in [-0.15, -0.1) is 12.6 Å². The van der Waals surface area contributed by atoms with E-state index in [1.165, 1.54) is 29.9 Å². The van der Waals surface area contributed by atoms with Crippen molar-refractivity contribution >= 4 is 36.2 Å². The van der Waals surface area contributed by atoms with Crippen molar-refractivity contribution in [2.45, 2.75) is 37.3 Å². The van der Waals surface area contributed by atoms with E-state index in [1.54, 1.807) is 0 Å². The van der Waals surface area contributed by atoms with Crippen LogP contribution in [0.3, 0.4) is 0 Å². The summed E-state index contributed by atoms with van der Waals surface area (Å²) in [5, 5.41) is 0.856. The first kappa shape index (κ1) is 18.8. The molecule has 0 bridgehead atoms. The van der Waals surface area contributed by atoms with Gasteiger partial charge < -0.3 is 4.57 Å². The molecule has 0 aliphatic carbocycles. The molecule has 1 aromatic carbocycles. The van der Waals surface area contributed by atoms with Gasteiger partial charge in [-0.2, -0.15) is 23.5 Å². The minimum atomic E-state index is 0.472. The molecule has 0 amide bonds. The second-order valence-corrected chi connectivity index (χ2v) is 7.87. The molecule has 0 atom stereocenters. The third-order valence-corrected chi connectivity index (χ3v) is 5.65. The number of thioether (sulfide) groups is 2. The minimum absolute atomic E-state index is 0.472. The SMILES string of the molecule is CCCCn1c(C(CSC)CSC)nc(S)c1-c1ccccc1. The van der Waals surface area contributed by atoms with E-state index in [1.807, 2.05) is 23.5 Å². The molecule has 2 aromatic rings. The second kappa shape index (κ2) is 9.70. The zero-order valence-corrected chi connectivity index (χ0v) is 16.7. The summed E-state index contributed by atoms with van der Waals surface area (Å²) in [5.41, 5.74) is 2.38. The van der Waals surface area contributed by atoms with E-state index in [2.05, 4.69) is 54.3 Å². The van der Waals surface area contributed by atoms with Gasteiger partial charge in [0.2, 0.25) is 0 Å². The van der Waals surface area contributed by atoms with Gasteiger partial charge in [0.1, 0.15) is 10.9 Å². The molecule has 0 saturated heterocycles. The summed E-state index contributed by atoms with van der Waals surface area (Å²) >= 11 is 8.50. The Morgan fingerprint density at radius 2 is 1.78 bits per heavy atom. The first-order chi connectivity index (χ1) is 11.2. The molecule has 1 aromatic heterocycles. The fourth-order valence-electron chi connectivity index (χ4n) is 2.79. The first-order valence-electron chi connectivity index (χ1n) is 8.05. The summed E-state index contributed by atoms with van der Waals surface area (Å²) in [6, 6.07) is 10.5. The predicted octanol–water partition coefficient (Wildman–Crippen LogP) is 5.45. The van der Waals surface area contributed by atoms with Crippen LogP contribution in [0.1, 0.15) is 31.5 Å². The van der Waals surface area contributed by atoms with Crippen LogP contribution in [0, 0.1) is 0 Å². The van der Waals surface area contributed by atoms with Crippen molar-refractivity contribution < 1.29 is 0 Å². The molecule has 126 valence electrons. The van der Waals surface area contributed by atoms with Gasteiger partial charge in [0.15, 0.2) is 0 Å². The summed E-state index contributed by atoms with van der Waals surface area (Å²) < 4.78 is 2.41. The Morgan fingerprint density at radius 3 is 2.35 bits per heavy atom. The van der Waals surface area contributed by atoms with E-state index in [-0.39, 0.29) is 0 Å². The summed E-state index contributed by atoms with van der Waals surface area (Å²) in [4.78, 5) is 4.88. The Balaban J connectivity index is 2.49. The maximum absolute atomic E-state index is 4.88. The Kier molecular flexibility index (Phi) is 7.93. The normalized spacial score (nSPS) is 11.3. The molecule has 23 heavy (non-hydrogen) atoms. The maximum Gasteiger partial charge on any atom is 0.119 e. The van der Waals surface area contributed by atoms with E-state index in [0.29, 0.717) is 5.92 Å². The van der Waals surface area contributed by atoms with Gasteiger partial charge in [0, 0.05) is 29.5 Å². The smallest absolute Gasteiger partial charge is 0.119 e. The first-order valence-corrected chi connectivity index (χ1v) is 11.3. The Labute approximate surface area is 154 Å². The highest BCUT2D eigenvalue weighted by atomic mass is 32.2. The highest BCUT2D eigenvalue weighted by molar-refractivity contribution is 7.99. The Bertz CT molecular complexity index is 590. The number of thiol groups is 1. The molecule has 5 heteroatoms. The molecule has 1 heterocycles. The van der Waals surface area contributed by atoms with Crippen LogP contribution >= 0.6 is 36.2 Å². The fourth-order valence-corrected chi connectivity index (χ4v) is 4.63. The quantitative estimate of drug-likeness (QED) is 0.595. The van der Waals surface area contributed by atoms with E-state index in [9.17, 15) is 0 Å². The monoisotopic (exact) mass is 366 g/mol. The third kappa shape index (κ3) is 4.74. The van der Waals surface area contributed by atoms with Crippen molar-refractivity contribution in [3.05, 3.63) is 36.2 Å². The molecule has 2 rings (SSSR count). The van der Waals surface area contributed by atoms with Crippen molar-refractivity contribution in [1.82, 2.24) is 9.55 Å². The lowest BCUT2D eigenvalue weighted by atomic mass is 10.1. The lowest BCUT2D eigenvalue weighted by molar-refractivity contribution is 0.591. The van der Waals surface area contributed by atoms with E-state index in [0.717, 1.165) is 23.1 Å². The van der Waals surface area contributed by atoms with Gasteiger partial charge in [0.05, 0.1) is 5.69 Å². The molecular formula is C18H26N2S3. The number of nitrogens with zero attached hydrogens (tertiary/aromatic N) is 2. The zero-order valence-electron chi connectivity index (χ0n) is 14.2. The highest BCUT2D eigenvalue weighted by Crippen LogP contribution is 2.33. The van der Waals surface area contributed by atoms with Crippen LogP contribution in [0.5, 0.6) is 0 Å². The van der Waals surface area contributed by atoms with Crippen molar-refractivity contribution in [2.24, 2.45) is 0 Å². The summed E-state index contributed by atoms with van der Waals surface area (Å²) in [7, 11) is 0. The number of unbranched alkanes of at least 4 members (excludes halogenated alkanes) is 1. The molecule has 0 unspecified atom stereocenters. The van der Waals surface area contributed by atoms with E-state index < -0.39 is 0 Å². The van der Waals surface area contributed by atoms with Gasteiger partial charge in [-0.1, -0.05) is 43.7 Å².